The van der Waals surface area contributed by atoms with Crippen LogP contribution in [0.5, 0.6) is 0 Å². The van der Waals surface area contributed by atoms with Crippen molar-refractivity contribution < 1.29 is 0 Å². The van der Waals surface area contributed by atoms with E-state index in [0.29, 0.717) is 0 Å². The quantitative estimate of drug-likeness (QED) is 0.645. The van der Waals surface area contributed by atoms with Crippen molar-refractivity contribution in [3.63, 3.8) is 0 Å². The third-order valence-electron chi connectivity index (χ3n) is 2.19. The molecule has 1 nitrogen and oxygen atoms in total. The minimum atomic E-state index is 1.02. The molecule has 0 aliphatic rings. The fourth-order valence-corrected chi connectivity index (χ4v) is 1.36. The van der Waals surface area contributed by atoms with Crippen molar-refractivity contribution in [2.24, 2.45) is 0 Å². The fourth-order valence-electron chi connectivity index (χ4n) is 1.36. The van der Waals surface area contributed by atoms with Gasteiger partial charge in [-0.15, -0.1) is 0 Å². The van der Waals surface area contributed by atoms with E-state index in [9.17, 15) is 0 Å². The highest BCUT2D eigenvalue weighted by atomic mass is 14.7. The largest absolute Gasteiger partial charge is 0.257 e. The molecule has 0 N–H and O–H groups in total. The molecule has 0 aliphatic carbocycles. The van der Waals surface area contributed by atoms with Gasteiger partial charge >= 0.3 is 0 Å². The van der Waals surface area contributed by atoms with Crippen LogP contribution < -0.4 is 5.46 Å². The molecule has 0 bridgehead atoms. The third-order valence-corrected chi connectivity index (χ3v) is 2.19. The Kier molecular flexibility index (Phi) is 2.64. The van der Waals surface area contributed by atoms with Crippen molar-refractivity contribution in [3.05, 3.63) is 48.7 Å². The highest BCUT2D eigenvalue weighted by Gasteiger charge is 1.97. The molecule has 0 spiro atoms. The molecule has 1 aromatic heterocycles. The van der Waals surface area contributed by atoms with E-state index in [1.807, 2.05) is 44.6 Å². The van der Waals surface area contributed by atoms with Crippen LogP contribution in [0.25, 0.3) is 11.3 Å². The van der Waals surface area contributed by atoms with Gasteiger partial charge < -0.3 is 0 Å². The van der Waals surface area contributed by atoms with Crippen molar-refractivity contribution in [2.45, 2.75) is 6.82 Å². The second kappa shape index (κ2) is 4.10. The van der Waals surface area contributed by atoms with Crippen LogP contribution in [0.15, 0.2) is 48.7 Å². The number of hydrogen-bond donors (Lipinski definition) is 0. The first-order chi connectivity index (χ1) is 6.90. The molecule has 2 heteroatoms. The van der Waals surface area contributed by atoms with Crippen molar-refractivity contribution >= 4 is 12.7 Å². The number of nitrogens with zero attached hydrogens (tertiary/aromatic N) is 1. The number of pyridine rings is 1. The van der Waals surface area contributed by atoms with Gasteiger partial charge in [-0.1, -0.05) is 48.7 Å². The maximum Gasteiger partial charge on any atom is 0.150 e. The SMILES string of the molecule is C[B]c1ccc(-c2ccccc2)nc1. The Morgan fingerprint density at radius 1 is 1.00 bits per heavy atom. The zero-order chi connectivity index (χ0) is 9.80. The Balaban J connectivity index is 2.34. The molecule has 2 rings (SSSR count). The van der Waals surface area contributed by atoms with Gasteiger partial charge in [0.1, 0.15) is 7.28 Å². The molecule has 2 aromatic rings. The molecule has 14 heavy (non-hydrogen) atoms. The van der Waals surface area contributed by atoms with Crippen LogP contribution in [0.4, 0.5) is 0 Å². The molecule has 1 radical (unpaired) electrons. The molecule has 0 saturated carbocycles. The summed E-state index contributed by atoms with van der Waals surface area (Å²) in [6.45, 7) is 2.01. The van der Waals surface area contributed by atoms with Gasteiger partial charge in [0.15, 0.2) is 0 Å². The van der Waals surface area contributed by atoms with E-state index in [1.165, 1.54) is 0 Å². The highest BCUT2D eigenvalue weighted by molar-refractivity contribution is 6.51. The lowest BCUT2D eigenvalue weighted by molar-refractivity contribution is 1.34. The molecular formula is C12H11BN. The summed E-state index contributed by atoms with van der Waals surface area (Å²) in [4.78, 5) is 4.39. The Morgan fingerprint density at radius 3 is 2.36 bits per heavy atom. The van der Waals surface area contributed by atoms with E-state index in [-0.39, 0.29) is 0 Å². The van der Waals surface area contributed by atoms with Gasteiger partial charge in [-0.05, 0) is 6.07 Å². The average molecular weight is 180 g/mol. The number of hydrogen-bond acceptors (Lipinski definition) is 1. The first-order valence-corrected chi connectivity index (χ1v) is 4.71. The molecule has 0 atom stereocenters. The summed E-state index contributed by atoms with van der Waals surface area (Å²) in [6, 6.07) is 14.3. The van der Waals surface area contributed by atoms with E-state index < -0.39 is 0 Å². The minimum absolute atomic E-state index is 1.02. The lowest BCUT2D eigenvalue weighted by Gasteiger charge is -2.00. The standard InChI is InChI=1S/C12H11BN/c1-13-11-7-8-12(14-9-11)10-5-3-2-4-6-10/h2-9H,1H3. The molecule has 1 heterocycles. The summed E-state index contributed by atoms with van der Waals surface area (Å²) >= 11 is 0. The van der Waals surface area contributed by atoms with Crippen molar-refractivity contribution in [2.75, 3.05) is 0 Å². The summed E-state index contributed by atoms with van der Waals surface area (Å²) in [6.07, 6.45) is 1.89. The third kappa shape index (κ3) is 1.85. The smallest absolute Gasteiger partial charge is 0.150 e. The maximum absolute atomic E-state index is 4.39. The second-order valence-corrected chi connectivity index (χ2v) is 3.13. The summed E-state index contributed by atoms with van der Waals surface area (Å²) in [5.41, 5.74) is 3.34. The van der Waals surface area contributed by atoms with Crippen molar-refractivity contribution in [1.82, 2.24) is 4.98 Å². The lowest BCUT2D eigenvalue weighted by atomic mass is 9.74. The monoisotopic (exact) mass is 180 g/mol. The predicted molar refractivity (Wildman–Crippen MR) is 60.9 cm³/mol. The van der Waals surface area contributed by atoms with Gasteiger partial charge in [0.25, 0.3) is 0 Å². The number of benzene rings is 1. The van der Waals surface area contributed by atoms with Crippen LogP contribution in [0, 0.1) is 0 Å². The fraction of sp³-hybridized carbons (Fsp3) is 0.0833. The summed E-state index contributed by atoms with van der Waals surface area (Å²) in [5, 5.41) is 0. The van der Waals surface area contributed by atoms with E-state index in [0.717, 1.165) is 16.7 Å². The Bertz CT molecular complexity index is 394. The van der Waals surface area contributed by atoms with Crippen LogP contribution in [-0.4, -0.2) is 12.3 Å². The lowest BCUT2D eigenvalue weighted by Crippen LogP contribution is -2.10. The number of rotatable bonds is 2. The first kappa shape index (κ1) is 9.01. The first-order valence-electron chi connectivity index (χ1n) is 4.71. The van der Waals surface area contributed by atoms with E-state index in [2.05, 4.69) is 23.2 Å². The highest BCUT2D eigenvalue weighted by Crippen LogP contribution is 2.13. The zero-order valence-corrected chi connectivity index (χ0v) is 8.14. The molecule has 0 fully saturated rings. The van der Waals surface area contributed by atoms with E-state index >= 15 is 0 Å². The molecule has 67 valence electrons. The molecule has 1 aromatic carbocycles. The molecule has 0 saturated heterocycles. The Labute approximate surface area is 85.1 Å². The number of aromatic nitrogens is 1. The van der Waals surface area contributed by atoms with Crippen LogP contribution in [0.1, 0.15) is 0 Å². The molecule has 0 unspecified atom stereocenters. The maximum atomic E-state index is 4.39. The van der Waals surface area contributed by atoms with Gasteiger partial charge in [-0.25, -0.2) is 0 Å². The van der Waals surface area contributed by atoms with Crippen LogP contribution in [-0.2, 0) is 0 Å². The van der Waals surface area contributed by atoms with Crippen LogP contribution >= 0.6 is 0 Å². The summed E-state index contributed by atoms with van der Waals surface area (Å²) in [7, 11) is 2.04. The van der Waals surface area contributed by atoms with Crippen molar-refractivity contribution in [1.29, 1.82) is 0 Å². The second-order valence-electron chi connectivity index (χ2n) is 3.13. The average Bonchev–Trinajstić information content (AvgIpc) is 2.30. The summed E-state index contributed by atoms with van der Waals surface area (Å²) in [5.74, 6) is 0. The van der Waals surface area contributed by atoms with Crippen molar-refractivity contribution in [3.8, 4) is 11.3 Å². The van der Waals surface area contributed by atoms with Gasteiger partial charge in [0.2, 0.25) is 0 Å². The van der Waals surface area contributed by atoms with Gasteiger partial charge in [-0.3, -0.25) is 4.98 Å². The molecular weight excluding hydrogens is 169 g/mol. The van der Waals surface area contributed by atoms with Gasteiger partial charge in [0, 0.05) is 11.8 Å². The van der Waals surface area contributed by atoms with Gasteiger partial charge in [-0.2, -0.15) is 0 Å². The predicted octanol–water partition coefficient (Wildman–Crippen LogP) is 2.13. The summed E-state index contributed by atoms with van der Waals surface area (Å²) < 4.78 is 0. The molecule has 0 aliphatic heterocycles. The Hall–Kier alpha value is -1.57. The molecule has 0 amide bonds. The minimum Gasteiger partial charge on any atom is -0.257 e. The van der Waals surface area contributed by atoms with Crippen LogP contribution in [0.3, 0.4) is 0 Å². The normalized spacial score (nSPS) is 9.79. The zero-order valence-electron chi connectivity index (χ0n) is 8.14. The van der Waals surface area contributed by atoms with E-state index in [1.54, 1.807) is 0 Å². The van der Waals surface area contributed by atoms with Gasteiger partial charge in [0.05, 0.1) is 5.69 Å². The van der Waals surface area contributed by atoms with Crippen LogP contribution in [0.2, 0.25) is 6.82 Å². The topological polar surface area (TPSA) is 12.9 Å². The van der Waals surface area contributed by atoms with E-state index in [4.69, 9.17) is 0 Å². The Morgan fingerprint density at radius 2 is 1.79 bits per heavy atom.